The van der Waals surface area contributed by atoms with Crippen LogP contribution in [0, 0.1) is 0 Å². The maximum Gasteiger partial charge on any atom is 0.0594 e. The molecule has 0 bridgehead atoms. The average Bonchev–Trinajstić information content (AvgIpc) is 3.10. The van der Waals surface area contributed by atoms with E-state index in [0.717, 1.165) is 45.9 Å². The first-order valence-electron chi connectivity index (χ1n) is 9.06. The lowest BCUT2D eigenvalue weighted by Crippen LogP contribution is -2.47. The highest BCUT2D eigenvalue weighted by Crippen LogP contribution is 2.25. The Morgan fingerprint density at radius 2 is 1.96 bits per heavy atom. The Hall–Kier alpha value is -0.940. The number of ether oxygens (including phenoxy) is 2. The number of morpholine rings is 1. The fourth-order valence-corrected chi connectivity index (χ4v) is 3.78. The molecule has 3 atom stereocenters. The monoisotopic (exact) mass is 318 g/mol. The van der Waals surface area contributed by atoms with E-state index >= 15 is 0 Å². The van der Waals surface area contributed by atoms with Crippen LogP contribution in [0.2, 0.25) is 0 Å². The van der Waals surface area contributed by atoms with Crippen LogP contribution in [-0.2, 0) is 9.47 Å². The standard InChI is InChI=1S/C19H30N2O2/c1-16(20-10-9-18-8-5-13-23-18)19(17-6-3-2-4-7-17)21-11-14-22-15-12-21/h2-4,6-7,16,18-20H,5,8-15H2,1H3/t16-,18-,19+/m0/s1. The van der Waals surface area contributed by atoms with Crippen LogP contribution in [0.25, 0.3) is 0 Å². The van der Waals surface area contributed by atoms with Gasteiger partial charge in [0.05, 0.1) is 25.4 Å². The minimum absolute atomic E-state index is 0.407. The average molecular weight is 318 g/mol. The van der Waals surface area contributed by atoms with Gasteiger partial charge in [-0.3, -0.25) is 4.90 Å². The fourth-order valence-electron chi connectivity index (χ4n) is 3.78. The fraction of sp³-hybridized carbons (Fsp3) is 0.684. The zero-order valence-corrected chi connectivity index (χ0v) is 14.2. The Kier molecular flexibility index (Phi) is 6.46. The number of rotatable bonds is 7. The van der Waals surface area contributed by atoms with Gasteiger partial charge in [-0.25, -0.2) is 0 Å². The smallest absolute Gasteiger partial charge is 0.0594 e. The number of nitrogens with one attached hydrogen (secondary N) is 1. The molecular weight excluding hydrogens is 288 g/mol. The van der Waals surface area contributed by atoms with Crippen molar-refractivity contribution in [2.45, 2.75) is 44.4 Å². The van der Waals surface area contributed by atoms with Gasteiger partial charge in [0, 0.05) is 25.7 Å². The van der Waals surface area contributed by atoms with E-state index in [1.807, 2.05) is 0 Å². The minimum atomic E-state index is 0.407. The van der Waals surface area contributed by atoms with Crippen LogP contribution in [0.1, 0.15) is 37.8 Å². The van der Waals surface area contributed by atoms with Gasteiger partial charge < -0.3 is 14.8 Å². The Bertz CT molecular complexity index is 442. The van der Waals surface area contributed by atoms with Gasteiger partial charge in [0.15, 0.2) is 0 Å². The van der Waals surface area contributed by atoms with E-state index < -0.39 is 0 Å². The second-order valence-corrected chi connectivity index (χ2v) is 6.67. The zero-order chi connectivity index (χ0) is 15.9. The lowest BCUT2D eigenvalue weighted by Gasteiger charge is -2.38. The van der Waals surface area contributed by atoms with Crippen molar-refractivity contribution < 1.29 is 9.47 Å². The van der Waals surface area contributed by atoms with E-state index in [-0.39, 0.29) is 0 Å². The van der Waals surface area contributed by atoms with Gasteiger partial charge in [0.2, 0.25) is 0 Å². The predicted molar refractivity (Wildman–Crippen MR) is 92.6 cm³/mol. The molecule has 2 fully saturated rings. The predicted octanol–water partition coefficient (Wildman–Crippen LogP) is 2.61. The Morgan fingerprint density at radius 1 is 1.17 bits per heavy atom. The number of benzene rings is 1. The molecule has 2 heterocycles. The summed E-state index contributed by atoms with van der Waals surface area (Å²) in [5.74, 6) is 0. The van der Waals surface area contributed by atoms with Crippen molar-refractivity contribution in [3.8, 4) is 0 Å². The first-order chi connectivity index (χ1) is 11.3. The summed E-state index contributed by atoms with van der Waals surface area (Å²) in [6.45, 7) is 7.98. The minimum Gasteiger partial charge on any atom is -0.379 e. The van der Waals surface area contributed by atoms with Crippen LogP contribution in [-0.4, -0.2) is 56.5 Å². The molecule has 0 unspecified atom stereocenters. The molecule has 0 aliphatic carbocycles. The van der Waals surface area contributed by atoms with Crippen molar-refractivity contribution >= 4 is 0 Å². The first kappa shape index (κ1) is 16.9. The van der Waals surface area contributed by atoms with E-state index in [4.69, 9.17) is 9.47 Å². The second-order valence-electron chi connectivity index (χ2n) is 6.67. The Labute approximate surface area is 140 Å². The van der Waals surface area contributed by atoms with Gasteiger partial charge in [0.25, 0.3) is 0 Å². The molecule has 23 heavy (non-hydrogen) atoms. The molecular formula is C19H30N2O2. The van der Waals surface area contributed by atoms with Crippen LogP contribution in [0.5, 0.6) is 0 Å². The maximum atomic E-state index is 5.73. The summed E-state index contributed by atoms with van der Waals surface area (Å²) in [6, 6.07) is 11.7. The number of hydrogen-bond acceptors (Lipinski definition) is 4. The van der Waals surface area contributed by atoms with Gasteiger partial charge in [-0.2, -0.15) is 0 Å². The summed E-state index contributed by atoms with van der Waals surface area (Å²) in [6.07, 6.45) is 4.03. The van der Waals surface area contributed by atoms with E-state index in [1.54, 1.807) is 0 Å². The molecule has 2 aliphatic heterocycles. The molecule has 4 nitrogen and oxygen atoms in total. The van der Waals surface area contributed by atoms with Crippen LogP contribution in [0.4, 0.5) is 0 Å². The van der Waals surface area contributed by atoms with E-state index in [0.29, 0.717) is 18.2 Å². The summed E-state index contributed by atoms with van der Waals surface area (Å²) < 4.78 is 11.3. The van der Waals surface area contributed by atoms with Crippen LogP contribution in [0.3, 0.4) is 0 Å². The molecule has 0 aromatic heterocycles. The molecule has 4 heteroatoms. The highest BCUT2D eigenvalue weighted by Gasteiger charge is 2.27. The largest absolute Gasteiger partial charge is 0.379 e. The van der Waals surface area contributed by atoms with Crippen molar-refractivity contribution in [1.82, 2.24) is 10.2 Å². The highest BCUT2D eigenvalue weighted by molar-refractivity contribution is 5.21. The summed E-state index contributed by atoms with van der Waals surface area (Å²) in [5.41, 5.74) is 1.39. The third-order valence-corrected chi connectivity index (χ3v) is 5.01. The molecule has 2 saturated heterocycles. The zero-order valence-electron chi connectivity index (χ0n) is 14.2. The number of hydrogen-bond donors (Lipinski definition) is 1. The normalized spacial score (nSPS) is 25.3. The SMILES string of the molecule is C[C@H](NCC[C@@H]1CCCO1)[C@H](c1ccccc1)N1CCOCC1. The maximum absolute atomic E-state index is 5.73. The first-order valence-corrected chi connectivity index (χ1v) is 9.06. The molecule has 1 aromatic carbocycles. The Balaban J connectivity index is 1.59. The van der Waals surface area contributed by atoms with Gasteiger partial charge in [-0.05, 0) is 38.3 Å². The molecule has 0 amide bonds. The van der Waals surface area contributed by atoms with Crippen molar-refractivity contribution in [2.24, 2.45) is 0 Å². The molecule has 2 aliphatic rings. The molecule has 0 spiro atoms. The van der Waals surface area contributed by atoms with Gasteiger partial charge in [-0.15, -0.1) is 0 Å². The van der Waals surface area contributed by atoms with Crippen LogP contribution < -0.4 is 5.32 Å². The van der Waals surface area contributed by atoms with Crippen LogP contribution >= 0.6 is 0 Å². The molecule has 0 saturated carbocycles. The summed E-state index contributed by atoms with van der Waals surface area (Å²) in [4.78, 5) is 2.56. The third-order valence-electron chi connectivity index (χ3n) is 5.01. The van der Waals surface area contributed by atoms with Crippen molar-refractivity contribution in [3.63, 3.8) is 0 Å². The van der Waals surface area contributed by atoms with Crippen molar-refractivity contribution in [3.05, 3.63) is 35.9 Å². The molecule has 128 valence electrons. The van der Waals surface area contributed by atoms with Crippen LogP contribution in [0.15, 0.2) is 30.3 Å². The summed E-state index contributed by atoms with van der Waals surface area (Å²) in [5, 5.41) is 3.74. The summed E-state index contributed by atoms with van der Waals surface area (Å²) in [7, 11) is 0. The third kappa shape index (κ3) is 4.77. The van der Waals surface area contributed by atoms with Gasteiger partial charge in [0.1, 0.15) is 0 Å². The molecule has 3 rings (SSSR count). The highest BCUT2D eigenvalue weighted by atomic mass is 16.5. The molecule has 1 N–H and O–H groups in total. The topological polar surface area (TPSA) is 33.7 Å². The van der Waals surface area contributed by atoms with E-state index in [2.05, 4.69) is 47.5 Å². The quantitative estimate of drug-likeness (QED) is 0.838. The van der Waals surface area contributed by atoms with Gasteiger partial charge >= 0.3 is 0 Å². The van der Waals surface area contributed by atoms with Gasteiger partial charge in [-0.1, -0.05) is 30.3 Å². The second kappa shape index (κ2) is 8.78. The van der Waals surface area contributed by atoms with Crippen molar-refractivity contribution in [1.29, 1.82) is 0 Å². The molecule has 1 aromatic rings. The molecule has 0 radical (unpaired) electrons. The van der Waals surface area contributed by atoms with E-state index in [9.17, 15) is 0 Å². The number of nitrogens with zero attached hydrogens (tertiary/aromatic N) is 1. The van der Waals surface area contributed by atoms with Crippen molar-refractivity contribution in [2.75, 3.05) is 39.5 Å². The lowest BCUT2D eigenvalue weighted by atomic mass is 9.98. The Morgan fingerprint density at radius 3 is 2.65 bits per heavy atom. The van der Waals surface area contributed by atoms with E-state index in [1.165, 1.54) is 18.4 Å². The lowest BCUT2D eigenvalue weighted by molar-refractivity contribution is 0.00832. The summed E-state index contributed by atoms with van der Waals surface area (Å²) >= 11 is 0.